The molecule has 3 rings (SSSR count). The lowest BCUT2D eigenvalue weighted by molar-refractivity contribution is 0.475. The van der Waals surface area contributed by atoms with Crippen LogP contribution in [0.25, 0.3) is 11.1 Å². The van der Waals surface area contributed by atoms with E-state index in [-0.39, 0.29) is 22.9 Å². The molecule has 100 valence electrons. The van der Waals surface area contributed by atoms with Crippen LogP contribution in [0, 0.1) is 18.3 Å². The van der Waals surface area contributed by atoms with Gasteiger partial charge in [-0.15, -0.1) is 0 Å². The van der Waals surface area contributed by atoms with Crippen molar-refractivity contribution in [2.75, 3.05) is 0 Å². The van der Waals surface area contributed by atoms with Crippen molar-refractivity contribution in [3.8, 4) is 22.9 Å². The third kappa shape index (κ3) is 1.97. The van der Waals surface area contributed by atoms with Crippen LogP contribution < -0.4 is 5.56 Å². The van der Waals surface area contributed by atoms with Gasteiger partial charge in [0.15, 0.2) is 0 Å². The molecular weight excluding hydrogens is 252 g/mol. The fourth-order valence-corrected chi connectivity index (χ4v) is 2.49. The first kappa shape index (κ1) is 12.5. The minimum absolute atomic E-state index is 0.163. The highest BCUT2D eigenvalue weighted by Gasteiger charge is 2.27. The lowest BCUT2D eigenvalue weighted by Gasteiger charge is -2.12. The van der Waals surface area contributed by atoms with E-state index in [4.69, 9.17) is 0 Å². The van der Waals surface area contributed by atoms with Crippen molar-refractivity contribution in [3.05, 3.63) is 51.9 Å². The number of aromatic hydroxyl groups is 1. The predicted octanol–water partition coefficient (Wildman–Crippen LogP) is 2.74. The zero-order valence-electron chi connectivity index (χ0n) is 11.1. The highest BCUT2D eigenvalue weighted by Crippen LogP contribution is 2.35. The van der Waals surface area contributed by atoms with Gasteiger partial charge >= 0.3 is 0 Å². The molecule has 1 aromatic carbocycles. The molecule has 0 atom stereocenters. The third-order valence-corrected chi connectivity index (χ3v) is 3.63. The van der Waals surface area contributed by atoms with E-state index in [9.17, 15) is 15.2 Å². The van der Waals surface area contributed by atoms with Gasteiger partial charge in [-0.1, -0.05) is 12.1 Å². The van der Waals surface area contributed by atoms with Crippen molar-refractivity contribution in [1.29, 1.82) is 5.26 Å². The van der Waals surface area contributed by atoms with Gasteiger partial charge in [-0.05, 0) is 43.0 Å². The molecule has 0 radical (unpaired) electrons. The Hall–Kier alpha value is -2.54. The van der Waals surface area contributed by atoms with E-state index in [1.54, 1.807) is 28.8 Å². The summed E-state index contributed by atoms with van der Waals surface area (Å²) in [5.74, 6) is 0.163. The average Bonchev–Trinajstić information content (AvgIpc) is 3.26. The summed E-state index contributed by atoms with van der Waals surface area (Å²) in [6, 6.07) is 8.86. The normalized spacial score (nSPS) is 14.0. The minimum atomic E-state index is -0.219. The maximum Gasteiger partial charge on any atom is 0.269 e. The molecule has 20 heavy (non-hydrogen) atoms. The first-order valence-electron chi connectivity index (χ1n) is 6.57. The number of hydrogen-bond acceptors (Lipinski definition) is 3. The molecule has 0 bridgehead atoms. The zero-order valence-corrected chi connectivity index (χ0v) is 11.1. The topological polar surface area (TPSA) is 66.0 Å². The number of pyridine rings is 1. The second-order valence-electron chi connectivity index (χ2n) is 5.16. The van der Waals surface area contributed by atoms with Crippen molar-refractivity contribution in [3.63, 3.8) is 0 Å². The summed E-state index contributed by atoms with van der Waals surface area (Å²) < 4.78 is 1.68. The largest absolute Gasteiger partial charge is 0.508 e. The van der Waals surface area contributed by atoms with Crippen LogP contribution in [-0.2, 0) is 0 Å². The first-order chi connectivity index (χ1) is 9.61. The van der Waals surface area contributed by atoms with E-state index in [1.165, 1.54) is 0 Å². The molecule has 1 heterocycles. The smallest absolute Gasteiger partial charge is 0.269 e. The summed E-state index contributed by atoms with van der Waals surface area (Å²) in [5.41, 5.74) is 2.30. The molecule has 0 unspecified atom stereocenters. The standard InChI is InChI=1S/C16H14N2O2/c1-10-9-18(12-4-5-12)16(20)14(8-17)15(10)11-2-6-13(19)7-3-11/h2-3,6-7,9,12,19H,4-5H2,1H3. The number of phenolic OH excluding ortho intramolecular Hbond substituents is 1. The monoisotopic (exact) mass is 266 g/mol. The van der Waals surface area contributed by atoms with Crippen molar-refractivity contribution in [2.24, 2.45) is 0 Å². The maximum absolute atomic E-state index is 12.4. The van der Waals surface area contributed by atoms with Gasteiger partial charge in [-0.2, -0.15) is 5.26 Å². The molecule has 4 nitrogen and oxygen atoms in total. The number of aromatic nitrogens is 1. The molecule has 1 aliphatic carbocycles. The molecule has 0 aliphatic heterocycles. The Morgan fingerprint density at radius 2 is 1.95 bits per heavy atom. The van der Waals surface area contributed by atoms with Gasteiger partial charge in [-0.25, -0.2) is 0 Å². The molecule has 0 spiro atoms. The van der Waals surface area contributed by atoms with Gasteiger partial charge in [0, 0.05) is 17.8 Å². The number of aryl methyl sites for hydroxylation is 1. The molecule has 1 saturated carbocycles. The van der Waals surface area contributed by atoms with Gasteiger partial charge in [0.2, 0.25) is 0 Å². The lowest BCUT2D eigenvalue weighted by Crippen LogP contribution is -2.23. The molecular formula is C16H14N2O2. The summed E-state index contributed by atoms with van der Waals surface area (Å²) in [4.78, 5) is 12.4. The van der Waals surface area contributed by atoms with Crippen molar-refractivity contribution in [2.45, 2.75) is 25.8 Å². The fourth-order valence-electron chi connectivity index (χ4n) is 2.49. The van der Waals surface area contributed by atoms with Gasteiger partial charge in [0.25, 0.3) is 5.56 Å². The quantitative estimate of drug-likeness (QED) is 0.908. The van der Waals surface area contributed by atoms with Crippen LogP contribution in [0.3, 0.4) is 0 Å². The lowest BCUT2D eigenvalue weighted by atomic mass is 9.97. The van der Waals surface area contributed by atoms with Crippen molar-refractivity contribution < 1.29 is 5.11 Å². The van der Waals surface area contributed by atoms with Crippen LogP contribution in [0.5, 0.6) is 5.75 Å². The summed E-state index contributed by atoms with van der Waals surface area (Å²) in [5, 5.41) is 18.7. The summed E-state index contributed by atoms with van der Waals surface area (Å²) in [6.07, 6.45) is 3.84. The molecule has 2 aromatic rings. The second-order valence-corrected chi connectivity index (χ2v) is 5.16. The molecule has 1 fully saturated rings. The molecule has 4 heteroatoms. The van der Waals surface area contributed by atoms with Crippen LogP contribution in [0.15, 0.2) is 35.3 Å². The van der Waals surface area contributed by atoms with Gasteiger partial charge in [-0.3, -0.25) is 4.79 Å². The minimum Gasteiger partial charge on any atom is -0.508 e. The predicted molar refractivity (Wildman–Crippen MR) is 75.5 cm³/mol. The van der Waals surface area contributed by atoms with E-state index in [2.05, 4.69) is 0 Å². The maximum atomic E-state index is 12.4. The Labute approximate surface area is 116 Å². The van der Waals surface area contributed by atoms with E-state index >= 15 is 0 Å². The van der Waals surface area contributed by atoms with Gasteiger partial charge in [0.05, 0.1) is 0 Å². The number of benzene rings is 1. The van der Waals surface area contributed by atoms with Crippen LogP contribution in [0.1, 0.15) is 30.0 Å². The van der Waals surface area contributed by atoms with E-state index in [0.717, 1.165) is 24.0 Å². The molecule has 1 aliphatic rings. The Balaban J connectivity index is 2.25. The average molecular weight is 266 g/mol. The highest BCUT2D eigenvalue weighted by atomic mass is 16.3. The number of nitriles is 1. The Kier molecular flexibility index (Phi) is 2.83. The summed E-state index contributed by atoms with van der Waals surface area (Å²) in [7, 11) is 0. The van der Waals surface area contributed by atoms with Crippen molar-refractivity contribution in [1.82, 2.24) is 4.57 Å². The van der Waals surface area contributed by atoms with Crippen LogP contribution in [0.4, 0.5) is 0 Å². The zero-order chi connectivity index (χ0) is 14.3. The van der Waals surface area contributed by atoms with Crippen molar-refractivity contribution >= 4 is 0 Å². The molecule has 0 saturated heterocycles. The number of phenols is 1. The number of nitrogens with zero attached hydrogens (tertiary/aromatic N) is 2. The van der Waals surface area contributed by atoms with E-state index in [1.807, 2.05) is 19.2 Å². The third-order valence-electron chi connectivity index (χ3n) is 3.63. The van der Waals surface area contributed by atoms with Gasteiger partial charge in [0.1, 0.15) is 17.4 Å². The van der Waals surface area contributed by atoms with Crippen LogP contribution in [-0.4, -0.2) is 9.67 Å². The summed E-state index contributed by atoms with van der Waals surface area (Å²) >= 11 is 0. The molecule has 0 amide bonds. The fraction of sp³-hybridized carbons (Fsp3) is 0.250. The first-order valence-corrected chi connectivity index (χ1v) is 6.57. The van der Waals surface area contributed by atoms with E-state index < -0.39 is 0 Å². The van der Waals surface area contributed by atoms with Crippen LogP contribution in [0.2, 0.25) is 0 Å². The Morgan fingerprint density at radius 3 is 2.50 bits per heavy atom. The SMILES string of the molecule is Cc1cn(C2CC2)c(=O)c(C#N)c1-c1ccc(O)cc1. The number of hydrogen-bond donors (Lipinski definition) is 1. The summed E-state index contributed by atoms with van der Waals surface area (Å²) in [6.45, 7) is 1.90. The van der Waals surface area contributed by atoms with Crippen LogP contribution >= 0.6 is 0 Å². The van der Waals surface area contributed by atoms with E-state index in [0.29, 0.717) is 5.56 Å². The molecule has 1 N–H and O–H groups in total. The Bertz CT molecular complexity index is 763. The highest BCUT2D eigenvalue weighted by molar-refractivity contribution is 5.73. The Morgan fingerprint density at radius 1 is 1.30 bits per heavy atom. The van der Waals surface area contributed by atoms with Gasteiger partial charge < -0.3 is 9.67 Å². The second kappa shape index (κ2) is 4.53. The molecule has 1 aromatic heterocycles. The number of rotatable bonds is 2.